The number of carbonyl (C=O) groups is 1. The van der Waals surface area contributed by atoms with Gasteiger partial charge in [-0.25, -0.2) is 4.79 Å². The normalized spacial score (nSPS) is 9.94. The number of rotatable bonds is 5. The highest BCUT2D eigenvalue weighted by atomic mass is 16.7. The van der Waals surface area contributed by atoms with Gasteiger partial charge in [0.1, 0.15) is 5.75 Å². The Morgan fingerprint density at radius 1 is 1.38 bits per heavy atom. The maximum Gasteiger partial charge on any atom is 0.338 e. The predicted octanol–water partition coefficient (Wildman–Crippen LogP) is 2.15. The summed E-state index contributed by atoms with van der Waals surface area (Å²) in [5.41, 5.74) is 1.39. The van der Waals surface area contributed by atoms with Crippen molar-refractivity contribution < 1.29 is 19.0 Å². The summed E-state index contributed by atoms with van der Waals surface area (Å²) < 4.78 is 15.0. The van der Waals surface area contributed by atoms with Crippen LogP contribution in [-0.2, 0) is 9.47 Å². The number of aryl methyl sites for hydroxylation is 1. The third-order valence-corrected chi connectivity index (χ3v) is 2.05. The first-order valence-electron chi connectivity index (χ1n) is 5.08. The topological polar surface area (TPSA) is 44.8 Å². The van der Waals surface area contributed by atoms with Crippen molar-refractivity contribution in [3.05, 3.63) is 29.3 Å². The minimum absolute atomic E-state index is 0.158. The molecule has 0 aliphatic rings. The lowest BCUT2D eigenvalue weighted by Crippen LogP contribution is -2.07. The molecular weight excluding hydrogens is 208 g/mol. The highest BCUT2D eigenvalue weighted by molar-refractivity contribution is 5.91. The molecule has 0 fully saturated rings. The number of carbonyl (C=O) groups excluding carboxylic acids is 1. The smallest absolute Gasteiger partial charge is 0.338 e. The summed E-state index contributed by atoms with van der Waals surface area (Å²) in [7, 11) is 1.54. The van der Waals surface area contributed by atoms with Gasteiger partial charge >= 0.3 is 5.97 Å². The van der Waals surface area contributed by atoms with Crippen molar-refractivity contribution in [1.82, 2.24) is 0 Å². The molecule has 4 nitrogen and oxygen atoms in total. The molecule has 0 saturated heterocycles. The number of hydrogen-bond acceptors (Lipinski definition) is 4. The van der Waals surface area contributed by atoms with E-state index in [1.54, 1.807) is 26.2 Å². The van der Waals surface area contributed by atoms with E-state index < -0.39 is 0 Å². The third-order valence-electron chi connectivity index (χ3n) is 2.05. The Bertz CT molecular complexity index is 360. The van der Waals surface area contributed by atoms with E-state index in [0.717, 1.165) is 5.56 Å². The van der Waals surface area contributed by atoms with E-state index in [0.29, 0.717) is 17.9 Å². The lowest BCUT2D eigenvalue weighted by Gasteiger charge is -2.09. The fraction of sp³-hybridized carbons (Fsp3) is 0.417. The van der Waals surface area contributed by atoms with Gasteiger partial charge in [-0.15, -0.1) is 0 Å². The molecule has 0 bridgehead atoms. The SMILES string of the molecule is CCOC(=O)c1cc(OCOC)ccc1C. The Labute approximate surface area is 95.1 Å². The molecule has 1 aromatic carbocycles. The summed E-state index contributed by atoms with van der Waals surface area (Å²) in [6.07, 6.45) is 0. The standard InChI is InChI=1S/C12H16O4/c1-4-15-12(13)11-7-10(16-8-14-3)6-5-9(11)2/h5-7H,4,8H2,1-3H3. The Morgan fingerprint density at radius 2 is 2.12 bits per heavy atom. The van der Waals surface area contributed by atoms with Crippen LogP contribution in [0.5, 0.6) is 5.75 Å². The van der Waals surface area contributed by atoms with E-state index in [1.165, 1.54) is 0 Å². The van der Waals surface area contributed by atoms with E-state index >= 15 is 0 Å². The molecule has 16 heavy (non-hydrogen) atoms. The first-order valence-corrected chi connectivity index (χ1v) is 5.08. The largest absolute Gasteiger partial charge is 0.468 e. The molecule has 4 heteroatoms. The number of benzene rings is 1. The molecule has 0 heterocycles. The summed E-state index contributed by atoms with van der Waals surface area (Å²) >= 11 is 0. The minimum atomic E-state index is -0.331. The second-order valence-corrected chi connectivity index (χ2v) is 3.25. The van der Waals surface area contributed by atoms with E-state index in [1.807, 2.05) is 13.0 Å². The van der Waals surface area contributed by atoms with Gasteiger partial charge < -0.3 is 14.2 Å². The van der Waals surface area contributed by atoms with E-state index in [-0.39, 0.29) is 12.8 Å². The van der Waals surface area contributed by atoms with Crippen LogP contribution in [0.15, 0.2) is 18.2 Å². The Morgan fingerprint density at radius 3 is 2.75 bits per heavy atom. The number of methoxy groups -OCH3 is 1. The molecule has 0 unspecified atom stereocenters. The molecule has 0 radical (unpaired) electrons. The van der Waals surface area contributed by atoms with Gasteiger partial charge in [-0.05, 0) is 31.5 Å². The van der Waals surface area contributed by atoms with Crippen LogP contribution < -0.4 is 4.74 Å². The van der Waals surface area contributed by atoms with Crippen LogP contribution in [0.3, 0.4) is 0 Å². The molecule has 0 amide bonds. The molecule has 0 saturated carbocycles. The average molecular weight is 224 g/mol. The Balaban J connectivity index is 2.85. The molecule has 0 spiro atoms. The molecule has 0 aliphatic heterocycles. The first kappa shape index (κ1) is 12.5. The zero-order valence-electron chi connectivity index (χ0n) is 9.78. The number of esters is 1. The second kappa shape index (κ2) is 6.12. The van der Waals surface area contributed by atoms with Crippen molar-refractivity contribution in [3.8, 4) is 5.75 Å². The third kappa shape index (κ3) is 3.24. The Hall–Kier alpha value is -1.55. The molecule has 0 N–H and O–H groups in total. The van der Waals surface area contributed by atoms with Crippen molar-refractivity contribution in [1.29, 1.82) is 0 Å². The fourth-order valence-electron chi connectivity index (χ4n) is 1.25. The van der Waals surface area contributed by atoms with Crippen LogP contribution in [0.2, 0.25) is 0 Å². The maximum atomic E-state index is 11.6. The first-order chi connectivity index (χ1) is 7.69. The molecule has 0 atom stereocenters. The van der Waals surface area contributed by atoms with E-state index in [4.69, 9.17) is 14.2 Å². The van der Waals surface area contributed by atoms with Crippen LogP contribution in [0.4, 0.5) is 0 Å². The molecule has 1 rings (SSSR count). The van der Waals surface area contributed by atoms with Crippen LogP contribution in [-0.4, -0.2) is 26.5 Å². The quantitative estimate of drug-likeness (QED) is 0.568. The summed E-state index contributed by atoms with van der Waals surface area (Å²) in [4.78, 5) is 11.6. The van der Waals surface area contributed by atoms with Crippen LogP contribution in [0, 0.1) is 6.92 Å². The van der Waals surface area contributed by atoms with Gasteiger partial charge in [0.25, 0.3) is 0 Å². The van der Waals surface area contributed by atoms with E-state index in [2.05, 4.69) is 0 Å². The predicted molar refractivity (Wildman–Crippen MR) is 59.6 cm³/mol. The van der Waals surface area contributed by atoms with Crippen molar-refractivity contribution in [3.63, 3.8) is 0 Å². The van der Waals surface area contributed by atoms with Gasteiger partial charge in [0.05, 0.1) is 12.2 Å². The van der Waals surface area contributed by atoms with Crippen LogP contribution in [0.1, 0.15) is 22.8 Å². The highest BCUT2D eigenvalue weighted by Crippen LogP contribution is 2.18. The molecule has 0 aliphatic carbocycles. The zero-order chi connectivity index (χ0) is 12.0. The molecule has 0 aromatic heterocycles. The summed E-state index contributed by atoms with van der Waals surface area (Å²) in [6.45, 7) is 4.15. The minimum Gasteiger partial charge on any atom is -0.468 e. The van der Waals surface area contributed by atoms with Gasteiger partial charge in [0.15, 0.2) is 6.79 Å². The maximum absolute atomic E-state index is 11.6. The monoisotopic (exact) mass is 224 g/mol. The molecule has 1 aromatic rings. The van der Waals surface area contributed by atoms with Gasteiger partial charge in [-0.2, -0.15) is 0 Å². The van der Waals surface area contributed by atoms with Crippen LogP contribution >= 0.6 is 0 Å². The van der Waals surface area contributed by atoms with Gasteiger partial charge in [0, 0.05) is 7.11 Å². The second-order valence-electron chi connectivity index (χ2n) is 3.25. The molecule has 88 valence electrons. The van der Waals surface area contributed by atoms with Crippen molar-refractivity contribution in [2.24, 2.45) is 0 Å². The van der Waals surface area contributed by atoms with E-state index in [9.17, 15) is 4.79 Å². The number of ether oxygens (including phenoxy) is 3. The lowest BCUT2D eigenvalue weighted by atomic mass is 10.1. The zero-order valence-corrected chi connectivity index (χ0v) is 9.78. The highest BCUT2D eigenvalue weighted by Gasteiger charge is 2.11. The molecular formula is C12H16O4. The summed E-state index contributed by atoms with van der Waals surface area (Å²) in [5.74, 6) is 0.262. The average Bonchev–Trinajstić information content (AvgIpc) is 2.28. The summed E-state index contributed by atoms with van der Waals surface area (Å²) in [6, 6.07) is 5.26. The number of hydrogen-bond donors (Lipinski definition) is 0. The van der Waals surface area contributed by atoms with Gasteiger partial charge in [-0.3, -0.25) is 0 Å². The lowest BCUT2D eigenvalue weighted by molar-refractivity contribution is 0.0489. The van der Waals surface area contributed by atoms with Crippen molar-refractivity contribution >= 4 is 5.97 Å². The van der Waals surface area contributed by atoms with Gasteiger partial charge in [-0.1, -0.05) is 6.07 Å². The Kier molecular flexibility index (Phi) is 4.79. The van der Waals surface area contributed by atoms with Crippen LogP contribution in [0.25, 0.3) is 0 Å². The fourth-order valence-corrected chi connectivity index (χ4v) is 1.25. The van der Waals surface area contributed by atoms with Crippen molar-refractivity contribution in [2.45, 2.75) is 13.8 Å². The summed E-state index contributed by atoms with van der Waals surface area (Å²) in [5, 5.41) is 0. The van der Waals surface area contributed by atoms with Crippen molar-refractivity contribution in [2.75, 3.05) is 20.5 Å². The van der Waals surface area contributed by atoms with Gasteiger partial charge in [0.2, 0.25) is 0 Å².